The predicted molar refractivity (Wildman–Crippen MR) is 91.7 cm³/mol. The van der Waals surface area contributed by atoms with Crippen molar-refractivity contribution in [2.24, 2.45) is 0 Å². The van der Waals surface area contributed by atoms with E-state index in [9.17, 15) is 4.79 Å². The zero-order valence-corrected chi connectivity index (χ0v) is 13.1. The van der Waals surface area contributed by atoms with Crippen molar-refractivity contribution in [1.29, 1.82) is 0 Å². The van der Waals surface area contributed by atoms with Gasteiger partial charge in [0.25, 0.3) is 0 Å². The Labute approximate surface area is 137 Å². The predicted octanol–water partition coefficient (Wildman–Crippen LogP) is 2.76. The van der Waals surface area contributed by atoms with Gasteiger partial charge in [0, 0.05) is 10.0 Å². The number of rotatable bonds is 2. The summed E-state index contributed by atoms with van der Waals surface area (Å²) in [6.45, 7) is 7.93. The molecule has 1 heterocycles. The molecular weight excluding hydrogens is 319 g/mol. The van der Waals surface area contributed by atoms with E-state index in [1.807, 2.05) is 0 Å². The summed E-state index contributed by atoms with van der Waals surface area (Å²) in [5, 5.41) is 2.27. The maximum atomic E-state index is 12.8. The molecule has 0 aliphatic carbocycles. The minimum absolute atomic E-state index is 0.236. The Morgan fingerprint density at radius 3 is 1.32 bits per heavy atom. The van der Waals surface area contributed by atoms with Gasteiger partial charge in [-0.1, -0.05) is 36.4 Å². The molecule has 110 valence electrons. The topological polar surface area (TPSA) is 26.9 Å². The molecule has 0 amide bonds. The maximum Gasteiger partial charge on any atom is 0.338 e. The molecule has 0 saturated heterocycles. The third kappa shape index (κ3) is 2.39. The Hall–Kier alpha value is -2.23. The van der Waals surface area contributed by atoms with Crippen LogP contribution in [0.5, 0.6) is 0 Å². The normalized spacial score (nSPS) is 10.8. The second-order valence-electron chi connectivity index (χ2n) is 4.80. The number of benzene rings is 2. The van der Waals surface area contributed by atoms with Gasteiger partial charge < -0.3 is 0 Å². The summed E-state index contributed by atoms with van der Waals surface area (Å²) >= 11 is 11.8. The van der Waals surface area contributed by atoms with Crippen LogP contribution in [0.4, 0.5) is 0 Å². The van der Waals surface area contributed by atoms with Crippen molar-refractivity contribution in [3.63, 3.8) is 0 Å². The van der Waals surface area contributed by atoms with Crippen LogP contribution in [0.25, 0.3) is 24.5 Å². The lowest BCUT2D eigenvalue weighted by molar-refractivity contribution is 0.894. The average Bonchev–Trinajstić information content (AvgIpc) is 2.72. The fraction of sp³-hybridized carbons (Fsp3) is 0. The van der Waals surface area contributed by atoms with Crippen molar-refractivity contribution in [1.82, 2.24) is 9.13 Å². The van der Waals surface area contributed by atoms with E-state index in [0.29, 0.717) is 32.1 Å². The van der Waals surface area contributed by atoms with E-state index in [-0.39, 0.29) is 5.69 Å². The lowest BCUT2D eigenvalue weighted by atomic mass is 10.3. The zero-order valence-electron chi connectivity index (χ0n) is 11.6. The fourth-order valence-electron chi connectivity index (χ4n) is 2.30. The molecule has 0 aliphatic rings. The lowest BCUT2D eigenvalue weighted by Gasteiger charge is -2.03. The van der Waals surface area contributed by atoms with E-state index in [1.54, 1.807) is 48.5 Å². The van der Waals surface area contributed by atoms with Crippen LogP contribution in [0, 0.1) is 0 Å². The summed E-state index contributed by atoms with van der Waals surface area (Å²) in [7, 11) is 0. The van der Waals surface area contributed by atoms with Gasteiger partial charge in [0.1, 0.15) is 0 Å². The summed E-state index contributed by atoms with van der Waals surface area (Å²) in [4.78, 5) is 12.8. The van der Waals surface area contributed by atoms with Gasteiger partial charge in [0.15, 0.2) is 0 Å². The highest BCUT2D eigenvalue weighted by molar-refractivity contribution is 6.30. The number of hydrogen-bond donors (Lipinski definition) is 0. The van der Waals surface area contributed by atoms with Gasteiger partial charge in [-0.2, -0.15) is 0 Å². The Morgan fingerprint density at radius 2 is 1.00 bits per heavy atom. The first-order chi connectivity index (χ1) is 10.5. The van der Waals surface area contributed by atoms with Gasteiger partial charge in [-0.3, -0.25) is 9.13 Å². The molecule has 1 aromatic heterocycles. The third-order valence-electron chi connectivity index (χ3n) is 3.43. The molecule has 3 rings (SSSR count). The van der Waals surface area contributed by atoms with E-state index in [1.165, 1.54) is 9.13 Å². The highest BCUT2D eigenvalue weighted by Crippen LogP contribution is 2.12. The highest BCUT2D eigenvalue weighted by atomic mass is 35.5. The molecule has 0 fully saturated rings. The van der Waals surface area contributed by atoms with Crippen LogP contribution in [0.15, 0.2) is 53.3 Å². The minimum Gasteiger partial charge on any atom is -0.261 e. The molecule has 0 aliphatic heterocycles. The third-order valence-corrected chi connectivity index (χ3v) is 3.93. The van der Waals surface area contributed by atoms with Gasteiger partial charge in [0.05, 0.1) is 22.1 Å². The molecule has 22 heavy (non-hydrogen) atoms. The van der Waals surface area contributed by atoms with Gasteiger partial charge in [-0.05, 0) is 48.5 Å². The zero-order chi connectivity index (χ0) is 15.9. The Bertz CT molecular complexity index is 903. The first-order valence-electron chi connectivity index (χ1n) is 6.52. The van der Waals surface area contributed by atoms with Crippen molar-refractivity contribution in [2.45, 2.75) is 0 Å². The monoisotopic (exact) mass is 330 g/mol. The smallest absolute Gasteiger partial charge is 0.261 e. The molecule has 3 aromatic rings. The van der Waals surface area contributed by atoms with E-state index >= 15 is 0 Å². The SMILES string of the molecule is C=c1c(=C)n(-c2ccc(Cl)cc2)c(=O)n1-c1ccc(Cl)cc1. The van der Waals surface area contributed by atoms with Crippen LogP contribution in [0.2, 0.25) is 10.0 Å². The highest BCUT2D eigenvalue weighted by Gasteiger charge is 2.11. The first-order valence-corrected chi connectivity index (χ1v) is 7.28. The average molecular weight is 331 g/mol. The molecule has 3 nitrogen and oxygen atoms in total. The number of halogens is 2. The van der Waals surface area contributed by atoms with E-state index in [0.717, 1.165) is 0 Å². The van der Waals surface area contributed by atoms with Crippen LogP contribution < -0.4 is 16.4 Å². The van der Waals surface area contributed by atoms with Gasteiger partial charge in [-0.15, -0.1) is 0 Å². The van der Waals surface area contributed by atoms with E-state index < -0.39 is 0 Å². The van der Waals surface area contributed by atoms with Crippen LogP contribution >= 0.6 is 23.2 Å². The first kappa shape index (κ1) is 14.7. The molecule has 0 spiro atoms. The Kier molecular flexibility index (Phi) is 3.69. The van der Waals surface area contributed by atoms with Gasteiger partial charge in [-0.25, -0.2) is 4.79 Å². The number of hydrogen-bond acceptors (Lipinski definition) is 1. The van der Waals surface area contributed by atoms with Crippen LogP contribution in [0.1, 0.15) is 0 Å². The van der Waals surface area contributed by atoms with Crippen molar-refractivity contribution in [2.75, 3.05) is 0 Å². The second kappa shape index (κ2) is 5.52. The standard InChI is InChI=1S/C17H12Cl2N2O/c1-11-12(2)21(16-9-5-14(19)6-10-16)17(22)20(11)15-7-3-13(18)4-8-15/h3-10H,1-2H2. The summed E-state index contributed by atoms with van der Waals surface area (Å²) in [6, 6.07) is 14.0. The largest absolute Gasteiger partial charge is 0.338 e. The molecule has 0 bridgehead atoms. The minimum atomic E-state index is -0.236. The Balaban J connectivity index is 2.28. The van der Waals surface area contributed by atoms with Crippen molar-refractivity contribution < 1.29 is 0 Å². The number of aromatic nitrogens is 2. The molecule has 2 aromatic carbocycles. The molecule has 0 unspecified atom stereocenters. The maximum absolute atomic E-state index is 12.8. The summed E-state index contributed by atoms with van der Waals surface area (Å²) in [6.07, 6.45) is 0. The van der Waals surface area contributed by atoms with Crippen LogP contribution in [0.3, 0.4) is 0 Å². The second-order valence-corrected chi connectivity index (χ2v) is 5.67. The van der Waals surface area contributed by atoms with Crippen LogP contribution in [-0.2, 0) is 0 Å². The molecular formula is C17H12Cl2N2O. The molecule has 0 radical (unpaired) electrons. The molecule has 0 saturated carbocycles. The molecule has 0 atom stereocenters. The summed E-state index contributed by atoms with van der Waals surface area (Å²) in [5.74, 6) is 0. The number of nitrogens with zero attached hydrogens (tertiary/aromatic N) is 2. The quantitative estimate of drug-likeness (QED) is 0.709. The van der Waals surface area contributed by atoms with Crippen molar-refractivity contribution in [3.05, 3.63) is 79.8 Å². The number of imidazole rings is 1. The molecule has 0 N–H and O–H groups in total. The van der Waals surface area contributed by atoms with Crippen LogP contribution in [-0.4, -0.2) is 9.13 Å². The summed E-state index contributed by atoms with van der Waals surface area (Å²) in [5.41, 5.74) is 1.15. The summed E-state index contributed by atoms with van der Waals surface area (Å²) < 4.78 is 3.01. The molecule has 5 heteroatoms. The van der Waals surface area contributed by atoms with Gasteiger partial charge in [0.2, 0.25) is 0 Å². The van der Waals surface area contributed by atoms with E-state index in [4.69, 9.17) is 23.2 Å². The van der Waals surface area contributed by atoms with Crippen molar-refractivity contribution >= 4 is 36.4 Å². The van der Waals surface area contributed by atoms with Gasteiger partial charge >= 0.3 is 5.69 Å². The lowest BCUT2D eigenvalue weighted by Crippen LogP contribution is -2.29. The Morgan fingerprint density at radius 1 is 0.682 bits per heavy atom. The van der Waals surface area contributed by atoms with E-state index in [2.05, 4.69) is 13.2 Å². The fourth-order valence-corrected chi connectivity index (χ4v) is 2.55. The van der Waals surface area contributed by atoms with Crippen molar-refractivity contribution in [3.8, 4) is 11.4 Å².